The van der Waals surface area contributed by atoms with Crippen LogP contribution < -0.4 is 5.32 Å². The summed E-state index contributed by atoms with van der Waals surface area (Å²) in [6.07, 6.45) is 60.2. The maximum atomic E-state index is 12.4. The number of carbonyl (C=O) groups is 2. The van der Waals surface area contributed by atoms with Gasteiger partial charge in [-0.2, -0.15) is 0 Å². The molecule has 6 nitrogen and oxygen atoms in total. The van der Waals surface area contributed by atoms with E-state index in [-0.39, 0.29) is 18.5 Å². The summed E-state index contributed by atoms with van der Waals surface area (Å²) < 4.78 is 5.46. The van der Waals surface area contributed by atoms with Crippen LogP contribution in [0.15, 0.2) is 24.3 Å². The van der Waals surface area contributed by atoms with Gasteiger partial charge in [0, 0.05) is 12.8 Å². The molecule has 6 heteroatoms. The molecule has 360 valence electrons. The van der Waals surface area contributed by atoms with E-state index in [2.05, 4.69) is 43.5 Å². The Kier molecular flexibility index (Phi) is 49.6. The minimum absolute atomic E-state index is 0.00494. The van der Waals surface area contributed by atoms with E-state index >= 15 is 0 Å². The predicted molar refractivity (Wildman–Crippen MR) is 264 cm³/mol. The zero-order chi connectivity index (χ0) is 44.4. The molecule has 0 radical (unpaired) electrons. The molecule has 0 fully saturated rings. The van der Waals surface area contributed by atoms with Gasteiger partial charge >= 0.3 is 5.97 Å². The maximum absolute atomic E-state index is 12.4. The molecule has 0 aromatic rings. The molecule has 0 aliphatic heterocycles. The molecule has 0 heterocycles. The van der Waals surface area contributed by atoms with Crippen LogP contribution in [0.1, 0.15) is 290 Å². The first-order chi connectivity index (χ1) is 30.0. The van der Waals surface area contributed by atoms with Crippen LogP contribution in [-0.2, 0) is 14.3 Å². The Balaban J connectivity index is 3.38. The van der Waals surface area contributed by atoms with Gasteiger partial charge in [-0.15, -0.1) is 0 Å². The highest BCUT2D eigenvalue weighted by Gasteiger charge is 2.20. The van der Waals surface area contributed by atoms with Gasteiger partial charge in [-0.1, -0.05) is 250 Å². The van der Waals surface area contributed by atoms with Gasteiger partial charge in [0.1, 0.15) is 0 Å². The third-order valence-electron chi connectivity index (χ3n) is 12.5. The van der Waals surface area contributed by atoms with E-state index in [1.54, 1.807) is 0 Å². The number of rotatable bonds is 50. The molecule has 61 heavy (non-hydrogen) atoms. The monoisotopic (exact) mass is 860 g/mol. The fraction of sp³-hybridized carbons (Fsp3) is 0.891. The molecule has 2 atom stereocenters. The summed E-state index contributed by atoms with van der Waals surface area (Å²) in [7, 11) is 0. The van der Waals surface area contributed by atoms with E-state index < -0.39 is 12.1 Å². The van der Waals surface area contributed by atoms with Crippen molar-refractivity contribution < 1.29 is 24.5 Å². The predicted octanol–water partition coefficient (Wildman–Crippen LogP) is 16.3. The topological polar surface area (TPSA) is 95.9 Å². The molecule has 0 aromatic heterocycles. The van der Waals surface area contributed by atoms with E-state index in [9.17, 15) is 19.8 Å². The Labute approximate surface area is 380 Å². The average molecular weight is 860 g/mol. The number of aliphatic hydroxyl groups excluding tert-OH is 2. The Morgan fingerprint density at radius 3 is 1.31 bits per heavy atom. The molecule has 0 aromatic carbocycles. The van der Waals surface area contributed by atoms with Crippen LogP contribution in [0.5, 0.6) is 0 Å². The Bertz CT molecular complexity index is 951. The lowest BCUT2D eigenvalue weighted by atomic mass is 10.0. The van der Waals surface area contributed by atoms with Crippen LogP contribution >= 0.6 is 0 Å². The molecule has 0 spiro atoms. The number of hydrogen-bond donors (Lipinski definition) is 3. The number of esters is 1. The van der Waals surface area contributed by atoms with E-state index in [0.29, 0.717) is 25.9 Å². The molecule has 0 aliphatic carbocycles. The SMILES string of the molecule is CCC/C=C\C/C=C\CCCCCCCC(=O)OCCCCCCCCCCCCCCCCCCCCCCC(=O)NC(CO)C(O)CCCCCCCCCCCCC. The number of allylic oxidation sites excluding steroid dienone is 4. The number of ether oxygens (including phenoxy) is 1. The van der Waals surface area contributed by atoms with Gasteiger partial charge in [0.05, 0.1) is 25.4 Å². The second-order valence-electron chi connectivity index (χ2n) is 18.6. The molecule has 0 saturated carbocycles. The minimum atomic E-state index is -0.664. The lowest BCUT2D eigenvalue weighted by Crippen LogP contribution is -2.45. The number of aliphatic hydroxyl groups is 2. The van der Waals surface area contributed by atoms with Gasteiger partial charge in [0.2, 0.25) is 5.91 Å². The lowest BCUT2D eigenvalue weighted by Gasteiger charge is -2.22. The van der Waals surface area contributed by atoms with Crippen molar-refractivity contribution in [1.82, 2.24) is 5.32 Å². The number of hydrogen-bond acceptors (Lipinski definition) is 5. The third-order valence-corrected chi connectivity index (χ3v) is 12.5. The molecule has 0 aliphatic rings. The standard InChI is InChI=1S/C55H105NO5/c1-3-5-7-9-11-13-15-24-29-33-37-41-45-49-55(60)61-50-46-42-38-34-30-26-23-21-19-17-16-18-20-22-25-28-32-36-40-44-48-54(59)56-52(51-57)53(58)47-43-39-35-31-27-14-12-10-8-6-4-2/h7,9,13,15,52-53,57-58H,3-6,8,10-12,14,16-51H2,1-2H3,(H,56,59)/b9-7-,15-13-. The van der Waals surface area contributed by atoms with Crippen LogP contribution in [0.3, 0.4) is 0 Å². The molecular weight excluding hydrogens is 755 g/mol. The number of amides is 1. The van der Waals surface area contributed by atoms with Crippen molar-refractivity contribution in [3.8, 4) is 0 Å². The van der Waals surface area contributed by atoms with Crippen LogP contribution in [0.4, 0.5) is 0 Å². The van der Waals surface area contributed by atoms with E-state index in [1.165, 1.54) is 205 Å². The highest BCUT2D eigenvalue weighted by molar-refractivity contribution is 5.76. The molecular formula is C55H105NO5. The fourth-order valence-electron chi connectivity index (χ4n) is 8.32. The molecule has 0 bridgehead atoms. The summed E-state index contributed by atoms with van der Waals surface area (Å²) in [6.45, 7) is 4.87. The minimum Gasteiger partial charge on any atom is -0.466 e. The summed E-state index contributed by atoms with van der Waals surface area (Å²) >= 11 is 0. The first-order valence-electron chi connectivity index (χ1n) is 27.1. The van der Waals surface area contributed by atoms with Crippen molar-refractivity contribution in [1.29, 1.82) is 0 Å². The highest BCUT2D eigenvalue weighted by Crippen LogP contribution is 2.17. The first-order valence-corrected chi connectivity index (χ1v) is 27.1. The van der Waals surface area contributed by atoms with Crippen molar-refractivity contribution in [2.45, 2.75) is 302 Å². The molecule has 2 unspecified atom stereocenters. The molecule has 3 N–H and O–H groups in total. The van der Waals surface area contributed by atoms with Crippen LogP contribution in [-0.4, -0.2) is 47.4 Å². The summed E-state index contributed by atoms with van der Waals surface area (Å²) in [4.78, 5) is 24.4. The van der Waals surface area contributed by atoms with Crippen LogP contribution in [0.25, 0.3) is 0 Å². The number of carbonyl (C=O) groups excluding carboxylic acids is 2. The second-order valence-corrected chi connectivity index (χ2v) is 18.6. The average Bonchev–Trinajstić information content (AvgIpc) is 3.26. The number of unbranched alkanes of at least 4 members (excludes halogenated alkanes) is 35. The summed E-state index contributed by atoms with van der Waals surface area (Å²) in [6, 6.07) is -0.541. The van der Waals surface area contributed by atoms with Gasteiger partial charge in [0.25, 0.3) is 0 Å². The maximum Gasteiger partial charge on any atom is 0.305 e. The van der Waals surface area contributed by atoms with Crippen molar-refractivity contribution in [2.24, 2.45) is 0 Å². The van der Waals surface area contributed by atoms with Gasteiger partial charge in [-0.3, -0.25) is 9.59 Å². The van der Waals surface area contributed by atoms with Crippen molar-refractivity contribution in [3.63, 3.8) is 0 Å². The quantitative estimate of drug-likeness (QED) is 0.0322. The van der Waals surface area contributed by atoms with Gasteiger partial charge in [0.15, 0.2) is 0 Å². The fourth-order valence-corrected chi connectivity index (χ4v) is 8.32. The molecule has 0 rings (SSSR count). The van der Waals surface area contributed by atoms with Gasteiger partial charge in [-0.05, 0) is 51.4 Å². The van der Waals surface area contributed by atoms with E-state index in [0.717, 1.165) is 51.4 Å². The zero-order valence-corrected chi connectivity index (χ0v) is 40.9. The van der Waals surface area contributed by atoms with Crippen molar-refractivity contribution >= 4 is 11.9 Å². The normalized spacial score (nSPS) is 12.8. The molecule has 1 amide bonds. The largest absolute Gasteiger partial charge is 0.466 e. The van der Waals surface area contributed by atoms with Gasteiger partial charge < -0.3 is 20.3 Å². The summed E-state index contributed by atoms with van der Waals surface area (Å²) in [5.41, 5.74) is 0. The summed E-state index contributed by atoms with van der Waals surface area (Å²) in [5, 5.41) is 23.2. The Hall–Kier alpha value is -1.66. The van der Waals surface area contributed by atoms with Crippen LogP contribution in [0, 0.1) is 0 Å². The first kappa shape index (κ1) is 59.3. The van der Waals surface area contributed by atoms with Crippen molar-refractivity contribution in [2.75, 3.05) is 13.2 Å². The van der Waals surface area contributed by atoms with Crippen molar-refractivity contribution in [3.05, 3.63) is 24.3 Å². The van der Waals surface area contributed by atoms with E-state index in [1.807, 2.05) is 0 Å². The third kappa shape index (κ3) is 47.7. The van der Waals surface area contributed by atoms with E-state index in [4.69, 9.17) is 4.74 Å². The van der Waals surface area contributed by atoms with Gasteiger partial charge in [-0.25, -0.2) is 0 Å². The summed E-state index contributed by atoms with van der Waals surface area (Å²) in [5.74, 6) is -0.0429. The zero-order valence-electron chi connectivity index (χ0n) is 40.9. The second kappa shape index (κ2) is 51.0. The van der Waals surface area contributed by atoms with Crippen LogP contribution in [0.2, 0.25) is 0 Å². The Morgan fingerprint density at radius 2 is 0.852 bits per heavy atom. The molecule has 0 saturated heterocycles. The lowest BCUT2D eigenvalue weighted by molar-refractivity contribution is -0.143. The smallest absolute Gasteiger partial charge is 0.305 e. The Morgan fingerprint density at radius 1 is 0.459 bits per heavy atom. The highest BCUT2D eigenvalue weighted by atomic mass is 16.5. The number of nitrogens with one attached hydrogen (secondary N) is 1.